The third kappa shape index (κ3) is 3.91. The molecule has 0 bridgehead atoms. The Balaban J connectivity index is 0.00000240. The van der Waals surface area contributed by atoms with Gasteiger partial charge in [0.1, 0.15) is 6.04 Å². The number of allylic oxidation sites excluding steroid dienone is 1. The van der Waals surface area contributed by atoms with Crippen LogP contribution in [0.5, 0.6) is 0 Å². The van der Waals surface area contributed by atoms with Crippen LogP contribution in [0.3, 0.4) is 0 Å². The second-order valence-corrected chi connectivity index (χ2v) is 9.47. The molecule has 0 spiro atoms. The summed E-state index contributed by atoms with van der Waals surface area (Å²) in [5, 5.41) is 14.1. The summed E-state index contributed by atoms with van der Waals surface area (Å²) < 4.78 is 27.9. The zero-order valence-corrected chi connectivity index (χ0v) is 16.3. The van der Waals surface area contributed by atoms with Gasteiger partial charge < -0.3 is 19.5 Å². The normalized spacial score (nSPS) is 25.1. The Kier molecular flexibility index (Phi) is 6.03. The van der Waals surface area contributed by atoms with Crippen LogP contribution in [0.1, 0.15) is 11.3 Å². The number of hydrogen-bond donors (Lipinski definition) is 2. The Morgan fingerprint density at radius 2 is 2.14 bits per heavy atom. The number of thiophene rings is 1. The van der Waals surface area contributed by atoms with Crippen LogP contribution in [0.15, 0.2) is 29.0 Å². The Bertz CT molecular complexity index is 992. The Hall–Kier alpha value is -1.60. The zero-order chi connectivity index (χ0) is 20.2. The van der Waals surface area contributed by atoms with Crippen molar-refractivity contribution in [3.63, 3.8) is 0 Å². The minimum absolute atomic E-state index is 0. The summed E-state index contributed by atoms with van der Waals surface area (Å²) in [5.74, 6) is -2.56. The fourth-order valence-corrected chi connectivity index (χ4v) is 5.19. The molecule has 0 unspecified atom stereocenters. The summed E-state index contributed by atoms with van der Waals surface area (Å²) in [4.78, 5) is 40.3. The molecule has 29 heavy (non-hydrogen) atoms. The van der Waals surface area contributed by atoms with Gasteiger partial charge >= 0.3 is 51.7 Å². The van der Waals surface area contributed by atoms with Gasteiger partial charge in [0.25, 0.3) is 5.91 Å². The van der Waals surface area contributed by atoms with E-state index >= 15 is 0 Å². The van der Waals surface area contributed by atoms with E-state index in [2.05, 4.69) is 5.32 Å². The average Bonchev–Trinajstić information content (AvgIpc) is 3.22. The summed E-state index contributed by atoms with van der Waals surface area (Å²) >= 11 is 1.49. The number of carbonyl (C=O) groups excluding carboxylic acids is 2. The van der Waals surface area contributed by atoms with Crippen LogP contribution in [0.25, 0.3) is 0 Å². The molecule has 4 heterocycles. The van der Waals surface area contributed by atoms with Crippen LogP contribution in [0, 0.1) is 5.92 Å². The van der Waals surface area contributed by atoms with E-state index in [1.54, 1.807) is 0 Å². The van der Waals surface area contributed by atoms with Crippen molar-refractivity contribution in [2.45, 2.75) is 25.0 Å². The van der Waals surface area contributed by atoms with Crippen molar-refractivity contribution in [2.24, 2.45) is 5.92 Å². The summed E-state index contributed by atoms with van der Waals surface area (Å²) in [7, 11) is -3.96. The van der Waals surface area contributed by atoms with Gasteiger partial charge in [-0.3, -0.25) is 9.69 Å². The summed E-state index contributed by atoms with van der Waals surface area (Å²) in [6.45, 7) is 0.533. The van der Waals surface area contributed by atoms with E-state index in [0.717, 1.165) is 16.0 Å². The van der Waals surface area contributed by atoms with Gasteiger partial charge in [-0.2, -0.15) is 8.42 Å². The van der Waals surface area contributed by atoms with Gasteiger partial charge in [-0.25, -0.2) is 9.59 Å². The van der Waals surface area contributed by atoms with Gasteiger partial charge in [0.2, 0.25) is 0 Å². The molecule has 0 saturated carbocycles. The quantitative estimate of drug-likeness (QED) is 0.350. The molecule has 13 heteroatoms. The Labute approximate surface area is 192 Å². The molecule has 1 aromatic heterocycles. The predicted octanol–water partition coefficient (Wildman–Crippen LogP) is -0.503. The van der Waals surface area contributed by atoms with E-state index in [1.165, 1.54) is 16.2 Å². The van der Waals surface area contributed by atoms with Crippen LogP contribution >= 0.6 is 11.3 Å². The summed E-state index contributed by atoms with van der Waals surface area (Å²) in [6, 6.07) is 2.10. The van der Waals surface area contributed by atoms with E-state index in [1.807, 2.05) is 17.5 Å². The standard InChI is InChI=1S/C16H17N3O7S2.Na.H/c1-28(24,25)26-10-5-8-7-18(16(23)17-6-9-3-2-4-27-9)13-11(8)19(14(13)20)12(10)15(21)22;;/h2-4,8,11,13H,5-7H2,1H3,(H,17,23)(H,21,22);;/t8-,11-,13+;;/m1../s1. The number of nitrogens with zero attached hydrogens (tertiary/aromatic N) is 2. The molecule has 0 aromatic carbocycles. The molecule has 1 aromatic rings. The average molecular weight is 451 g/mol. The van der Waals surface area contributed by atoms with Crippen molar-refractivity contribution in [3.05, 3.63) is 33.8 Å². The van der Waals surface area contributed by atoms with E-state index in [4.69, 9.17) is 4.18 Å². The maximum absolute atomic E-state index is 12.6. The van der Waals surface area contributed by atoms with Crippen LogP contribution in [0.2, 0.25) is 0 Å². The molecule has 2 N–H and O–H groups in total. The number of nitrogens with one attached hydrogen (secondary N) is 1. The second kappa shape index (κ2) is 7.91. The second-order valence-electron chi connectivity index (χ2n) is 6.86. The van der Waals surface area contributed by atoms with Gasteiger partial charge in [-0.05, 0) is 11.4 Å². The molecule has 3 atom stereocenters. The van der Waals surface area contributed by atoms with Crippen LogP contribution < -0.4 is 5.32 Å². The van der Waals surface area contributed by atoms with Crippen molar-refractivity contribution in [1.82, 2.24) is 15.1 Å². The van der Waals surface area contributed by atoms with E-state index < -0.39 is 45.8 Å². The number of carboxylic acids is 1. The number of likely N-dealkylation sites (tertiary alicyclic amines) is 1. The van der Waals surface area contributed by atoms with Crippen molar-refractivity contribution < 1.29 is 32.1 Å². The monoisotopic (exact) mass is 451 g/mol. The first-order chi connectivity index (χ1) is 13.2. The number of aliphatic carboxylic acids is 1. The van der Waals surface area contributed by atoms with Gasteiger partial charge in [-0.15, -0.1) is 11.3 Å². The van der Waals surface area contributed by atoms with Gasteiger partial charge in [0, 0.05) is 23.8 Å². The molecule has 10 nitrogen and oxygen atoms in total. The molecule has 152 valence electrons. The SMILES string of the molecule is CS(=O)(=O)OC1=C(C(=O)O)N2C(=O)[C@@H]3[C@H]2[C@H](C1)CN3C(=O)NCc1cccs1.[NaH]. The predicted molar refractivity (Wildman–Crippen MR) is 104 cm³/mol. The van der Waals surface area contributed by atoms with Crippen molar-refractivity contribution in [1.29, 1.82) is 0 Å². The zero-order valence-electron chi connectivity index (χ0n) is 14.7. The number of β-lactam (4-membered cyclic amide) rings is 1. The molecule has 3 amide bonds. The molecule has 3 aliphatic heterocycles. The molecular weight excluding hydrogens is 433 g/mol. The fraction of sp³-hybridized carbons (Fsp3) is 0.438. The first-order valence-corrected chi connectivity index (χ1v) is 11.1. The molecule has 4 rings (SSSR count). The summed E-state index contributed by atoms with van der Waals surface area (Å²) in [5.41, 5.74) is -0.464. The van der Waals surface area contributed by atoms with Crippen LogP contribution in [-0.2, 0) is 30.4 Å². The molecule has 0 aliphatic carbocycles. The maximum atomic E-state index is 12.6. The van der Waals surface area contributed by atoms with Gasteiger partial charge in [-0.1, -0.05) is 6.07 Å². The van der Waals surface area contributed by atoms with Crippen LogP contribution in [0.4, 0.5) is 4.79 Å². The molecule has 2 fully saturated rings. The van der Waals surface area contributed by atoms with Crippen molar-refractivity contribution in [3.8, 4) is 0 Å². The van der Waals surface area contributed by atoms with E-state index in [9.17, 15) is 27.9 Å². The topological polar surface area (TPSA) is 133 Å². The van der Waals surface area contributed by atoms with Gasteiger partial charge in [0.15, 0.2) is 11.5 Å². The van der Waals surface area contributed by atoms with E-state index in [-0.39, 0.29) is 54.2 Å². The first-order valence-electron chi connectivity index (χ1n) is 8.43. The van der Waals surface area contributed by atoms with Gasteiger partial charge in [0.05, 0.1) is 18.8 Å². The number of amides is 3. The minimum atomic E-state index is -3.96. The van der Waals surface area contributed by atoms with Crippen molar-refractivity contribution in [2.75, 3.05) is 12.8 Å². The number of carboxylic acid groups (broad SMARTS) is 1. The number of carbonyl (C=O) groups is 3. The summed E-state index contributed by atoms with van der Waals surface area (Å²) in [6.07, 6.45) is 0.833. The number of rotatable bonds is 5. The molecule has 0 radical (unpaired) electrons. The number of hydrogen-bond acceptors (Lipinski definition) is 7. The molecular formula is C16H18N3NaO7S2. The molecule has 3 aliphatic rings. The molecule has 2 saturated heterocycles. The first kappa shape index (κ1) is 22.1. The van der Waals surface area contributed by atoms with Crippen LogP contribution in [-0.4, -0.2) is 95.7 Å². The van der Waals surface area contributed by atoms with E-state index in [0.29, 0.717) is 6.54 Å². The Morgan fingerprint density at radius 1 is 1.41 bits per heavy atom. The number of urea groups is 1. The van der Waals surface area contributed by atoms with Crippen molar-refractivity contribution >= 4 is 68.9 Å². The third-order valence-electron chi connectivity index (χ3n) is 5.02. The third-order valence-corrected chi connectivity index (χ3v) is 6.40. The fourth-order valence-electron chi connectivity index (χ4n) is 4.03. The Morgan fingerprint density at radius 3 is 2.72 bits per heavy atom.